The van der Waals surface area contributed by atoms with Crippen molar-refractivity contribution in [3.8, 4) is 0 Å². The van der Waals surface area contributed by atoms with Gasteiger partial charge in [-0.15, -0.1) is 0 Å². The van der Waals surface area contributed by atoms with E-state index >= 15 is 0 Å². The lowest BCUT2D eigenvalue weighted by Gasteiger charge is -2.13. The first kappa shape index (κ1) is 22.1. The lowest BCUT2D eigenvalue weighted by atomic mass is 10.0. The van der Waals surface area contributed by atoms with Crippen LogP contribution in [0.2, 0.25) is 0 Å². The molecule has 0 aliphatic carbocycles. The number of aryl methyl sites for hydroxylation is 2. The van der Waals surface area contributed by atoms with Gasteiger partial charge in [0, 0.05) is 24.2 Å². The van der Waals surface area contributed by atoms with Crippen LogP contribution in [0.3, 0.4) is 0 Å². The first-order chi connectivity index (χ1) is 14.9. The number of nitrogens with one attached hydrogen (secondary N) is 3. The molecule has 9 heteroatoms. The van der Waals surface area contributed by atoms with Crippen molar-refractivity contribution in [1.82, 2.24) is 20.3 Å². The second-order valence-corrected chi connectivity index (χ2v) is 7.41. The highest BCUT2D eigenvalue weighted by molar-refractivity contribution is 5.94. The predicted octanol–water partition coefficient (Wildman–Crippen LogP) is 2.08. The third-order valence-electron chi connectivity index (χ3n) is 5.01. The molecule has 0 unspecified atom stereocenters. The maximum Gasteiger partial charge on any atom is 0.305 e. The molecule has 0 radical (unpaired) electrons. The summed E-state index contributed by atoms with van der Waals surface area (Å²) >= 11 is 0. The van der Waals surface area contributed by atoms with Gasteiger partial charge in [-0.3, -0.25) is 14.4 Å². The van der Waals surface area contributed by atoms with E-state index in [2.05, 4.69) is 20.3 Å². The molecule has 2 aromatic heterocycles. The van der Waals surface area contributed by atoms with E-state index in [4.69, 9.17) is 10.5 Å². The number of hydrogen-bond donors (Lipinski definition) is 4. The van der Waals surface area contributed by atoms with E-state index in [1.54, 1.807) is 25.3 Å². The third kappa shape index (κ3) is 5.71. The summed E-state index contributed by atoms with van der Waals surface area (Å²) in [6.07, 6.45) is 3.92. The molecule has 3 rings (SSSR count). The Labute approximate surface area is 179 Å². The van der Waals surface area contributed by atoms with E-state index in [0.717, 1.165) is 11.1 Å². The Morgan fingerprint density at radius 1 is 1.23 bits per heavy atom. The van der Waals surface area contributed by atoms with Crippen LogP contribution in [0.4, 0.5) is 5.95 Å². The maximum atomic E-state index is 12.4. The van der Waals surface area contributed by atoms with Crippen LogP contribution in [0.1, 0.15) is 48.2 Å². The van der Waals surface area contributed by atoms with Crippen molar-refractivity contribution in [2.75, 3.05) is 12.3 Å². The minimum atomic E-state index is -0.355. The van der Waals surface area contributed by atoms with Crippen LogP contribution < -0.4 is 16.6 Å². The molecule has 0 fully saturated rings. The van der Waals surface area contributed by atoms with Crippen LogP contribution in [0.25, 0.3) is 11.0 Å². The molecule has 164 valence electrons. The fourth-order valence-corrected chi connectivity index (χ4v) is 3.37. The number of rotatable bonds is 9. The molecule has 1 amide bonds. The molecule has 0 aliphatic heterocycles. The van der Waals surface area contributed by atoms with Gasteiger partial charge < -0.3 is 25.8 Å². The van der Waals surface area contributed by atoms with Gasteiger partial charge in [-0.2, -0.15) is 4.98 Å². The molecule has 5 N–H and O–H groups in total. The second kappa shape index (κ2) is 9.92. The Hall–Kier alpha value is -3.62. The van der Waals surface area contributed by atoms with Crippen molar-refractivity contribution in [1.29, 1.82) is 0 Å². The van der Waals surface area contributed by atoms with Gasteiger partial charge in [0.2, 0.25) is 5.95 Å². The van der Waals surface area contributed by atoms with Crippen molar-refractivity contribution in [3.63, 3.8) is 0 Å². The number of aromatic nitrogens is 3. The van der Waals surface area contributed by atoms with Crippen LogP contribution in [0.5, 0.6) is 0 Å². The molecule has 31 heavy (non-hydrogen) atoms. The first-order valence-electron chi connectivity index (χ1n) is 10.3. The van der Waals surface area contributed by atoms with Crippen molar-refractivity contribution >= 4 is 28.9 Å². The van der Waals surface area contributed by atoms with Gasteiger partial charge in [-0.1, -0.05) is 12.1 Å². The Morgan fingerprint density at radius 2 is 1.97 bits per heavy atom. The lowest BCUT2D eigenvalue weighted by molar-refractivity contribution is -0.143. The quantitative estimate of drug-likeness (QED) is 0.387. The summed E-state index contributed by atoms with van der Waals surface area (Å²) in [6.45, 7) is 3.98. The Bertz CT molecular complexity index is 1120. The fourth-order valence-electron chi connectivity index (χ4n) is 3.37. The van der Waals surface area contributed by atoms with E-state index in [1.165, 1.54) is 0 Å². The monoisotopic (exact) mass is 425 g/mol. The van der Waals surface area contributed by atoms with E-state index < -0.39 is 0 Å². The number of anilines is 1. The van der Waals surface area contributed by atoms with Gasteiger partial charge in [0.15, 0.2) is 0 Å². The third-order valence-corrected chi connectivity index (χ3v) is 5.01. The number of esters is 1. The summed E-state index contributed by atoms with van der Waals surface area (Å²) in [7, 11) is 0. The molecule has 0 aliphatic rings. The summed E-state index contributed by atoms with van der Waals surface area (Å²) in [4.78, 5) is 45.6. The average molecular weight is 425 g/mol. The second-order valence-electron chi connectivity index (χ2n) is 7.41. The van der Waals surface area contributed by atoms with Gasteiger partial charge in [-0.25, -0.2) is 0 Å². The van der Waals surface area contributed by atoms with Crippen molar-refractivity contribution in [2.24, 2.45) is 0 Å². The predicted molar refractivity (Wildman–Crippen MR) is 118 cm³/mol. The largest absolute Gasteiger partial charge is 0.466 e. The Morgan fingerprint density at radius 3 is 2.68 bits per heavy atom. The molecule has 9 nitrogen and oxygen atoms in total. The molecule has 0 saturated carbocycles. The molecule has 0 bridgehead atoms. The molecule has 3 aromatic rings. The highest BCUT2D eigenvalue weighted by atomic mass is 16.5. The topological polar surface area (TPSA) is 143 Å². The van der Waals surface area contributed by atoms with Crippen LogP contribution in [0.15, 0.2) is 35.3 Å². The number of ether oxygens (including phenoxy) is 1. The first-order valence-corrected chi connectivity index (χ1v) is 10.3. The van der Waals surface area contributed by atoms with E-state index in [-0.39, 0.29) is 35.8 Å². The number of carbonyl (C=O) groups excluding carboxylic acids is 2. The molecule has 0 saturated heterocycles. The maximum absolute atomic E-state index is 12.4. The van der Waals surface area contributed by atoms with Crippen molar-refractivity contribution in [2.45, 2.75) is 45.6 Å². The number of amides is 1. The SMILES string of the molecule is CCOC(=O)CC[C@@H](C)NC(=O)c1ccc(CCc2c[nH]c3[nH]c(N)nc(=O)c23)cc1. The number of nitrogens with two attached hydrogens (primary N) is 1. The van der Waals surface area contributed by atoms with E-state index in [1.807, 2.05) is 19.1 Å². The normalized spacial score (nSPS) is 11.9. The number of hydrogen-bond acceptors (Lipinski definition) is 6. The van der Waals surface area contributed by atoms with Crippen LogP contribution in [-0.2, 0) is 22.4 Å². The van der Waals surface area contributed by atoms with Crippen LogP contribution in [0, 0.1) is 0 Å². The van der Waals surface area contributed by atoms with E-state index in [9.17, 15) is 14.4 Å². The van der Waals surface area contributed by atoms with Gasteiger partial charge in [0.1, 0.15) is 5.65 Å². The molecule has 1 atom stereocenters. The average Bonchev–Trinajstić information content (AvgIpc) is 3.14. The number of aromatic amines is 2. The standard InChI is InChI=1S/C22H27N5O4/c1-3-31-17(28)11-4-13(2)25-20(29)15-8-5-14(6-9-15)7-10-16-12-24-19-18(16)21(30)27-22(23)26-19/h5-6,8-9,12-13H,3-4,7,10-11H2,1-2H3,(H,25,29)(H4,23,24,26,27,30)/t13-/m1/s1. The van der Waals surface area contributed by atoms with Crippen molar-refractivity contribution < 1.29 is 14.3 Å². The molecule has 1 aromatic carbocycles. The van der Waals surface area contributed by atoms with E-state index in [0.29, 0.717) is 42.5 Å². The fraction of sp³-hybridized carbons (Fsp3) is 0.364. The zero-order valence-corrected chi connectivity index (χ0v) is 17.7. The van der Waals surface area contributed by atoms with Crippen LogP contribution in [-0.4, -0.2) is 39.5 Å². The molecule has 2 heterocycles. The number of fused-ring (bicyclic) bond motifs is 1. The number of nitrogens with zero attached hydrogens (tertiary/aromatic N) is 1. The number of benzene rings is 1. The summed E-state index contributed by atoms with van der Waals surface area (Å²) < 4.78 is 4.90. The molecular weight excluding hydrogens is 398 g/mol. The summed E-state index contributed by atoms with van der Waals surface area (Å²) in [5.41, 5.74) is 8.24. The molecular formula is C22H27N5O4. The Balaban J connectivity index is 1.55. The highest BCUT2D eigenvalue weighted by Gasteiger charge is 2.13. The number of carbonyl (C=O) groups is 2. The highest BCUT2D eigenvalue weighted by Crippen LogP contribution is 2.16. The smallest absolute Gasteiger partial charge is 0.305 e. The van der Waals surface area contributed by atoms with Gasteiger partial charge in [0.05, 0.1) is 12.0 Å². The summed E-state index contributed by atoms with van der Waals surface area (Å²) in [6, 6.07) is 7.19. The Kier molecular flexibility index (Phi) is 7.07. The number of nitrogen functional groups attached to an aromatic ring is 1. The zero-order valence-electron chi connectivity index (χ0n) is 17.7. The molecule has 0 spiro atoms. The summed E-state index contributed by atoms with van der Waals surface area (Å²) in [5, 5.41) is 3.41. The summed E-state index contributed by atoms with van der Waals surface area (Å²) in [5.74, 6) is -0.367. The minimum absolute atomic E-state index is 0.0787. The lowest BCUT2D eigenvalue weighted by Crippen LogP contribution is -2.33. The number of H-pyrrole nitrogens is 2. The van der Waals surface area contributed by atoms with Crippen LogP contribution >= 0.6 is 0 Å². The minimum Gasteiger partial charge on any atom is -0.466 e. The zero-order chi connectivity index (χ0) is 22.4. The van der Waals surface area contributed by atoms with Crippen molar-refractivity contribution in [3.05, 3.63) is 57.5 Å². The van der Waals surface area contributed by atoms with Gasteiger partial charge >= 0.3 is 5.97 Å². The van der Waals surface area contributed by atoms with Gasteiger partial charge in [0.25, 0.3) is 11.5 Å². The van der Waals surface area contributed by atoms with Gasteiger partial charge in [-0.05, 0) is 56.4 Å².